The second-order valence-corrected chi connectivity index (χ2v) is 4.67. The Morgan fingerprint density at radius 1 is 1.44 bits per heavy atom. The van der Waals surface area contributed by atoms with Crippen molar-refractivity contribution in [2.45, 2.75) is 44.8 Å². The van der Waals surface area contributed by atoms with E-state index in [-0.39, 0.29) is 0 Å². The van der Waals surface area contributed by atoms with E-state index in [1.807, 2.05) is 12.1 Å². The van der Waals surface area contributed by atoms with Crippen molar-refractivity contribution in [1.82, 2.24) is 4.98 Å². The van der Waals surface area contributed by atoms with Crippen molar-refractivity contribution in [3.8, 4) is 0 Å². The van der Waals surface area contributed by atoms with Crippen LogP contribution in [0.2, 0.25) is 0 Å². The fraction of sp³-hybridized carbons (Fsp3) is 0.615. The van der Waals surface area contributed by atoms with Crippen LogP contribution in [0.15, 0.2) is 18.3 Å². The first-order chi connectivity index (χ1) is 7.68. The standard InChI is InChI=1S/C13H20N2O/c1-10(16)11-7-8-14-13(9-11)15(2)12-5-3-4-6-12/h7-10,12,16H,3-6H2,1-2H3/t10-/m0/s1. The van der Waals surface area contributed by atoms with Crippen molar-refractivity contribution in [2.75, 3.05) is 11.9 Å². The van der Waals surface area contributed by atoms with Crippen LogP contribution in [-0.4, -0.2) is 23.2 Å². The van der Waals surface area contributed by atoms with Gasteiger partial charge in [0.15, 0.2) is 0 Å². The van der Waals surface area contributed by atoms with Gasteiger partial charge in [-0.05, 0) is 37.5 Å². The maximum absolute atomic E-state index is 9.55. The molecular formula is C13H20N2O. The summed E-state index contributed by atoms with van der Waals surface area (Å²) < 4.78 is 0. The van der Waals surface area contributed by atoms with Crippen LogP contribution < -0.4 is 4.90 Å². The molecule has 88 valence electrons. The molecule has 0 bridgehead atoms. The predicted octanol–water partition coefficient (Wildman–Crippen LogP) is 2.51. The molecule has 1 aromatic heterocycles. The molecule has 1 fully saturated rings. The van der Waals surface area contributed by atoms with Crippen LogP contribution in [0.4, 0.5) is 5.82 Å². The molecule has 1 aliphatic carbocycles. The number of pyridine rings is 1. The summed E-state index contributed by atoms with van der Waals surface area (Å²) in [6, 6.07) is 4.48. The molecule has 1 N–H and O–H groups in total. The van der Waals surface area contributed by atoms with Crippen LogP contribution in [0, 0.1) is 0 Å². The number of hydrogen-bond acceptors (Lipinski definition) is 3. The van der Waals surface area contributed by atoms with Crippen molar-refractivity contribution in [1.29, 1.82) is 0 Å². The molecule has 1 atom stereocenters. The maximum Gasteiger partial charge on any atom is 0.128 e. The zero-order valence-electron chi connectivity index (χ0n) is 10.1. The molecule has 0 aliphatic heterocycles. The number of hydrogen-bond donors (Lipinski definition) is 1. The second-order valence-electron chi connectivity index (χ2n) is 4.67. The van der Waals surface area contributed by atoms with Crippen LogP contribution in [-0.2, 0) is 0 Å². The van der Waals surface area contributed by atoms with Crippen molar-refractivity contribution in [2.24, 2.45) is 0 Å². The highest BCUT2D eigenvalue weighted by atomic mass is 16.3. The number of nitrogens with zero attached hydrogens (tertiary/aromatic N) is 2. The Bertz CT molecular complexity index is 346. The third-order valence-corrected chi connectivity index (χ3v) is 3.49. The quantitative estimate of drug-likeness (QED) is 0.850. The van der Waals surface area contributed by atoms with Crippen molar-refractivity contribution < 1.29 is 5.11 Å². The van der Waals surface area contributed by atoms with E-state index in [1.54, 1.807) is 13.1 Å². The van der Waals surface area contributed by atoms with Gasteiger partial charge in [0.25, 0.3) is 0 Å². The van der Waals surface area contributed by atoms with E-state index in [9.17, 15) is 5.11 Å². The molecule has 0 unspecified atom stereocenters. The van der Waals surface area contributed by atoms with E-state index in [4.69, 9.17) is 0 Å². The Labute approximate surface area is 97.1 Å². The Balaban J connectivity index is 2.15. The second kappa shape index (κ2) is 4.83. The summed E-state index contributed by atoms with van der Waals surface area (Å²) in [5.74, 6) is 0.977. The van der Waals surface area contributed by atoms with Gasteiger partial charge in [-0.25, -0.2) is 4.98 Å². The van der Waals surface area contributed by atoms with Gasteiger partial charge in [-0.1, -0.05) is 12.8 Å². The van der Waals surface area contributed by atoms with E-state index < -0.39 is 6.10 Å². The molecule has 3 heteroatoms. The minimum atomic E-state index is -0.418. The predicted molar refractivity (Wildman–Crippen MR) is 65.5 cm³/mol. The normalized spacial score (nSPS) is 18.7. The summed E-state index contributed by atoms with van der Waals surface area (Å²) in [6.07, 6.45) is 6.53. The summed E-state index contributed by atoms with van der Waals surface area (Å²) >= 11 is 0. The van der Waals surface area contributed by atoms with Crippen molar-refractivity contribution in [3.63, 3.8) is 0 Å². The molecule has 16 heavy (non-hydrogen) atoms. The van der Waals surface area contributed by atoms with E-state index in [1.165, 1.54) is 25.7 Å². The molecule has 3 nitrogen and oxygen atoms in total. The average Bonchev–Trinajstić information content (AvgIpc) is 2.81. The van der Waals surface area contributed by atoms with Crippen LogP contribution in [0.3, 0.4) is 0 Å². The molecular weight excluding hydrogens is 200 g/mol. The third kappa shape index (κ3) is 2.35. The molecule has 2 rings (SSSR count). The lowest BCUT2D eigenvalue weighted by atomic mass is 10.1. The largest absolute Gasteiger partial charge is 0.389 e. The number of anilines is 1. The number of aliphatic hydroxyl groups is 1. The van der Waals surface area contributed by atoms with E-state index in [0.29, 0.717) is 6.04 Å². The highest BCUT2D eigenvalue weighted by Gasteiger charge is 2.20. The molecule has 1 heterocycles. The SMILES string of the molecule is C[C@H](O)c1ccnc(N(C)C2CCCC2)c1. The number of aromatic nitrogens is 1. The first kappa shape index (κ1) is 11.4. The molecule has 0 amide bonds. The van der Waals surface area contributed by atoms with Crippen molar-refractivity contribution in [3.05, 3.63) is 23.9 Å². The summed E-state index contributed by atoms with van der Waals surface area (Å²) in [5.41, 5.74) is 0.940. The lowest BCUT2D eigenvalue weighted by Crippen LogP contribution is -2.29. The monoisotopic (exact) mass is 220 g/mol. The Kier molecular flexibility index (Phi) is 3.44. The molecule has 1 saturated carbocycles. The molecule has 0 aromatic carbocycles. The third-order valence-electron chi connectivity index (χ3n) is 3.49. The topological polar surface area (TPSA) is 36.4 Å². The zero-order valence-corrected chi connectivity index (χ0v) is 10.1. The Hall–Kier alpha value is -1.09. The minimum Gasteiger partial charge on any atom is -0.389 e. The molecule has 1 aromatic rings. The summed E-state index contributed by atoms with van der Waals surface area (Å²) in [7, 11) is 2.10. The van der Waals surface area contributed by atoms with Gasteiger partial charge in [-0.15, -0.1) is 0 Å². The molecule has 1 aliphatic rings. The van der Waals surface area contributed by atoms with Gasteiger partial charge < -0.3 is 10.0 Å². The Morgan fingerprint density at radius 2 is 2.12 bits per heavy atom. The first-order valence-electron chi connectivity index (χ1n) is 6.05. The number of rotatable bonds is 3. The molecule has 0 saturated heterocycles. The fourth-order valence-corrected chi connectivity index (χ4v) is 2.37. The van der Waals surface area contributed by atoms with E-state index in [0.717, 1.165) is 11.4 Å². The summed E-state index contributed by atoms with van der Waals surface area (Å²) in [4.78, 5) is 6.63. The van der Waals surface area contributed by atoms with Crippen molar-refractivity contribution >= 4 is 5.82 Å². The average molecular weight is 220 g/mol. The van der Waals surface area contributed by atoms with E-state index >= 15 is 0 Å². The van der Waals surface area contributed by atoms with Gasteiger partial charge in [0, 0.05) is 19.3 Å². The van der Waals surface area contributed by atoms with Gasteiger partial charge >= 0.3 is 0 Å². The molecule has 0 spiro atoms. The van der Waals surface area contributed by atoms with Gasteiger partial charge in [-0.2, -0.15) is 0 Å². The maximum atomic E-state index is 9.55. The lowest BCUT2D eigenvalue weighted by molar-refractivity contribution is 0.199. The Morgan fingerprint density at radius 3 is 2.75 bits per heavy atom. The smallest absolute Gasteiger partial charge is 0.128 e. The number of aliphatic hydroxyl groups excluding tert-OH is 1. The van der Waals surface area contributed by atoms with Crippen LogP contribution in [0.1, 0.15) is 44.3 Å². The summed E-state index contributed by atoms with van der Waals surface area (Å²) in [6.45, 7) is 1.79. The van der Waals surface area contributed by atoms with Crippen LogP contribution >= 0.6 is 0 Å². The van der Waals surface area contributed by atoms with Gasteiger partial charge in [0.1, 0.15) is 5.82 Å². The summed E-state index contributed by atoms with van der Waals surface area (Å²) in [5, 5.41) is 9.55. The van der Waals surface area contributed by atoms with Gasteiger partial charge in [0.2, 0.25) is 0 Å². The first-order valence-corrected chi connectivity index (χ1v) is 6.05. The van der Waals surface area contributed by atoms with Crippen LogP contribution in [0.5, 0.6) is 0 Å². The highest BCUT2D eigenvalue weighted by molar-refractivity contribution is 5.42. The lowest BCUT2D eigenvalue weighted by Gasteiger charge is -2.25. The van der Waals surface area contributed by atoms with Gasteiger partial charge in [-0.3, -0.25) is 0 Å². The minimum absolute atomic E-state index is 0.418. The zero-order chi connectivity index (χ0) is 11.5. The van der Waals surface area contributed by atoms with Gasteiger partial charge in [0.05, 0.1) is 6.10 Å². The van der Waals surface area contributed by atoms with Crippen LogP contribution in [0.25, 0.3) is 0 Å². The molecule has 0 radical (unpaired) electrons. The van der Waals surface area contributed by atoms with E-state index in [2.05, 4.69) is 16.9 Å². The fourth-order valence-electron chi connectivity index (χ4n) is 2.37. The highest BCUT2D eigenvalue weighted by Crippen LogP contribution is 2.26.